The average molecular weight is 296 g/mol. The van der Waals surface area contributed by atoms with Crippen LogP contribution in [0.15, 0.2) is 54.6 Å². The zero-order valence-electron chi connectivity index (χ0n) is 12.1. The van der Waals surface area contributed by atoms with Gasteiger partial charge in [-0.05, 0) is 35.9 Å². The number of para-hydroxylation sites is 1. The summed E-state index contributed by atoms with van der Waals surface area (Å²) in [7, 11) is 1.59. The van der Waals surface area contributed by atoms with Gasteiger partial charge in [-0.15, -0.1) is 0 Å². The number of hydrogen-bond acceptors (Lipinski definition) is 3. The van der Waals surface area contributed by atoms with Crippen molar-refractivity contribution in [1.29, 1.82) is 0 Å². The van der Waals surface area contributed by atoms with E-state index in [9.17, 15) is 9.59 Å². The minimum Gasteiger partial charge on any atom is -0.497 e. The van der Waals surface area contributed by atoms with Crippen LogP contribution in [0.25, 0.3) is 6.08 Å². The van der Waals surface area contributed by atoms with Gasteiger partial charge in [-0.25, -0.2) is 0 Å². The summed E-state index contributed by atoms with van der Waals surface area (Å²) in [6, 6.07) is 13.9. The second-order valence-corrected chi connectivity index (χ2v) is 4.51. The molecule has 112 valence electrons. The third-order valence-electron chi connectivity index (χ3n) is 2.99. The molecule has 22 heavy (non-hydrogen) atoms. The van der Waals surface area contributed by atoms with Crippen LogP contribution in [0, 0.1) is 0 Å². The number of nitrogens with two attached hydrogens (primary N) is 1. The summed E-state index contributed by atoms with van der Waals surface area (Å²) in [6.07, 6.45) is 3.06. The third kappa shape index (κ3) is 3.96. The molecule has 0 bridgehead atoms. The maximum atomic E-state index is 11.9. The number of carbonyl (C=O) groups is 2. The Balaban J connectivity index is 2.06. The molecule has 2 amide bonds. The van der Waals surface area contributed by atoms with Crippen molar-refractivity contribution in [1.82, 2.24) is 0 Å². The Hall–Kier alpha value is -3.08. The van der Waals surface area contributed by atoms with Gasteiger partial charge in [0.1, 0.15) is 5.75 Å². The minimum atomic E-state index is -0.588. The van der Waals surface area contributed by atoms with Gasteiger partial charge in [-0.1, -0.05) is 24.3 Å². The molecule has 0 atom stereocenters. The molecule has 3 N–H and O–H groups in total. The van der Waals surface area contributed by atoms with E-state index in [0.717, 1.165) is 11.3 Å². The number of ether oxygens (including phenoxy) is 1. The molecule has 0 radical (unpaired) electrons. The topological polar surface area (TPSA) is 81.4 Å². The predicted octanol–water partition coefficient (Wildman–Crippen LogP) is 2.45. The van der Waals surface area contributed by atoms with Gasteiger partial charge in [-0.3, -0.25) is 9.59 Å². The third-order valence-corrected chi connectivity index (χ3v) is 2.99. The van der Waals surface area contributed by atoms with Crippen molar-refractivity contribution in [2.75, 3.05) is 12.4 Å². The number of carbonyl (C=O) groups excluding carboxylic acids is 2. The summed E-state index contributed by atoms with van der Waals surface area (Å²) in [5.41, 5.74) is 6.78. The normalized spacial score (nSPS) is 10.4. The Morgan fingerprint density at radius 2 is 1.77 bits per heavy atom. The molecule has 0 saturated carbocycles. The van der Waals surface area contributed by atoms with E-state index < -0.39 is 5.91 Å². The van der Waals surface area contributed by atoms with Gasteiger partial charge in [0.05, 0.1) is 18.4 Å². The standard InChI is InChI=1S/C17H16N2O3/c1-22-13-9-6-12(7-10-13)8-11-16(20)19-15-5-3-2-4-14(15)17(18)21/h2-11H,1H3,(H2,18,21)(H,19,20)/b11-8+. The lowest BCUT2D eigenvalue weighted by atomic mass is 10.1. The highest BCUT2D eigenvalue weighted by molar-refractivity contribution is 6.07. The number of anilines is 1. The second kappa shape index (κ2) is 7.08. The zero-order chi connectivity index (χ0) is 15.9. The first-order valence-corrected chi connectivity index (χ1v) is 6.62. The number of nitrogens with one attached hydrogen (secondary N) is 1. The average Bonchev–Trinajstić information content (AvgIpc) is 2.53. The van der Waals surface area contributed by atoms with Gasteiger partial charge in [-0.2, -0.15) is 0 Å². The van der Waals surface area contributed by atoms with Crippen LogP contribution in [-0.2, 0) is 4.79 Å². The van der Waals surface area contributed by atoms with E-state index in [4.69, 9.17) is 10.5 Å². The largest absolute Gasteiger partial charge is 0.497 e. The lowest BCUT2D eigenvalue weighted by Crippen LogP contribution is -2.16. The summed E-state index contributed by atoms with van der Waals surface area (Å²) in [5, 5.41) is 2.63. The molecule has 0 aromatic heterocycles. The number of methoxy groups -OCH3 is 1. The molecule has 0 fully saturated rings. The van der Waals surface area contributed by atoms with E-state index in [1.165, 1.54) is 6.08 Å². The SMILES string of the molecule is COc1ccc(/C=C/C(=O)Nc2ccccc2C(N)=O)cc1. The molecule has 0 aliphatic carbocycles. The fourth-order valence-corrected chi connectivity index (χ4v) is 1.87. The first-order valence-electron chi connectivity index (χ1n) is 6.62. The van der Waals surface area contributed by atoms with Crippen LogP contribution in [-0.4, -0.2) is 18.9 Å². The number of amides is 2. The minimum absolute atomic E-state index is 0.272. The highest BCUT2D eigenvalue weighted by Crippen LogP contribution is 2.15. The van der Waals surface area contributed by atoms with Crippen LogP contribution in [0.3, 0.4) is 0 Å². The first-order chi connectivity index (χ1) is 10.6. The van der Waals surface area contributed by atoms with Gasteiger partial charge in [0, 0.05) is 6.08 Å². The smallest absolute Gasteiger partial charge is 0.250 e. The van der Waals surface area contributed by atoms with Gasteiger partial charge in [0.2, 0.25) is 5.91 Å². The van der Waals surface area contributed by atoms with Crippen molar-refractivity contribution >= 4 is 23.6 Å². The highest BCUT2D eigenvalue weighted by atomic mass is 16.5. The van der Waals surface area contributed by atoms with Crippen molar-refractivity contribution in [3.63, 3.8) is 0 Å². The van der Waals surface area contributed by atoms with Crippen LogP contribution in [0.1, 0.15) is 15.9 Å². The molecule has 5 nitrogen and oxygen atoms in total. The molecular weight excluding hydrogens is 280 g/mol. The summed E-state index contributed by atoms with van der Waals surface area (Å²) >= 11 is 0. The van der Waals surface area contributed by atoms with E-state index in [-0.39, 0.29) is 11.5 Å². The second-order valence-electron chi connectivity index (χ2n) is 4.51. The van der Waals surface area contributed by atoms with Crippen molar-refractivity contribution in [3.8, 4) is 5.75 Å². The van der Waals surface area contributed by atoms with Crippen LogP contribution < -0.4 is 15.8 Å². The maximum absolute atomic E-state index is 11.9. The molecule has 2 aromatic rings. The molecule has 0 aliphatic heterocycles. The number of hydrogen-bond donors (Lipinski definition) is 2. The summed E-state index contributed by atoms with van der Waals surface area (Å²) in [4.78, 5) is 23.2. The summed E-state index contributed by atoms with van der Waals surface area (Å²) in [5.74, 6) is -0.184. The zero-order valence-corrected chi connectivity index (χ0v) is 12.1. The van der Waals surface area contributed by atoms with Crippen LogP contribution in [0.4, 0.5) is 5.69 Å². The van der Waals surface area contributed by atoms with E-state index in [0.29, 0.717) is 5.69 Å². The predicted molar refractivity (Wildman–Crippen MR) is 85.6 cm³/mol. The lowest BCUT2D eigenvalue weighted by molar-refractivity contribution is -0.111. The molecule has 0 aliphatic rings. The van der Waals surface area contributed by atoms with E-state index in [1.54, 1.807) is 49.6 Å². The Kier molecular flexibility index (Phi) is 4.93. The molecule has 5 heteroatoms. The van der Waals surface area contributed by atoms with E-state index in [2.05, 4.69) is 5.32 Å². The molecule has 2 rings (SSSR count). The Labute approximate surface area is 128 Å². The van der Waals surface area contributed by atoms with Crippen molar-refractivity contribution in [2.45, 2.75) is 0 Å². The molecule has 2 aromatic carbocycles. The van der Waals surface area contributed by atoms with Crippen molar-refractivity contribution < 1.29 is 14.3 Å². The fourth-order valence-electron chi connectivity index (χ4n) is 1.87. The van der Waals surface area contributed by atoms with Gasteiger partial charge in [0.15, 0.2) is 0 Å². The molecule has 0 unspecified atom stereocenters. The van der Waals surface area contributed by atoms with E-state index in [1.807, 2.05) is 12.1 Å². The molecule has 0 spiro atoms. The summed E-state index contributed by atoms with van der Waals surface area (Å²) < 4.78 is 5.06. The number of primary amides is 1. The highest BCUT2D eigenvalue weighted by Gasteiger charge is 2.08. The Morgan fingerprint density at radius 3 is 2.41 bits per heavy atom. The maximum Gasteiger partial charge on any atom is 0.250 e. The van der Waals surface area contributed by atoms with Gasteiger partial charge in [0.25, 0.3) is 5.91 Å². The van der Waals surface area contributed by atoms with Crippen LogP contribution in [0.2, 0.25) is 0 Å². The fraction of sp³-hybridized carbons (Fsp3) is 0.0588. The van der Waals surface area contributed by atoms with Crippen molar-refractivity contribution in [3.05, 3.63) is 65.7 Å². The quantitative estimate of drug-likeness (QED) is 0.831. The van der Waals surface area contributed by atoms with Gasteiger partial charge < -0.3 is 15.8 Å². The Morgan fingerprint density at radius 1 is 1.09 bits per heavy atom. The van der Waals surface area contributed by atoms with Gasteiger partial charge >= 0.3 is 0 Å². The number of rotatable bonds is 5. The van der Waals surface area contributed by atoms with E-state index >= 15 is 0 Å². The molecular formula is C17H16N2O3. The van der Waals surface area contributed by atoms with Crippen molar-refractivity contribution in [2.24, 2.45) is 5.73 Å². The van der Waals surface area contributed by atoms with Crippen LogP contribution >= 0.6 is 0 Å². The molecule has 0 saturated heterocycles. The molecule has 0 heterocycles. The first kappa shape index (κ1) is 15.3. The summed E-state index contributed by atoms with van der Waals surface area (Å²) in [6.45, 7) is 0. The number of benzene rings is 2. The Bertz CT molecular complexity index is 706. The van der Waals surface area contributed by atoms with Crippen LogP contribution in [0.5, 0.6) is 5.75 Å². The monoisotopic (exact) mass is 296 g/mol. The lowest BCUT2D eigenvalue weighted by Gasteiger charge is -2.06.